The van der Waals surface area contributed by atoms with Gasteiger partial charge in [0, 0.05) is 32.9 Å². The monoisotopic (exact) mass is 235 g/mol. The molecule has 3 N–H and O–H groups in total. The van der Waals surface area contributed by atoms with Crippen molar-refractivity contribution in [1.29, 1.82) is 0 Å². The molecule has 1 amide bonds. The summed E-state index contributed by atoms with van der Waals surface area (Å²) in [6.07, 6.45) is 0. The first-order chi connectivity index (χ1) is 8.08. The quantitative estimate of drug-likeness (QED) is 0.799. The number of hydrogen-bond acceptors (Lipinski definition) is 3. The number of benzene rings is 1. The number of nitrogens with two attached hydrogens (primary N) is 1. The predicted octanol–water partition coefficient (Wildman–Crippen LogP) is 0.964. The van der Waals surface area contributed by atoms with Gasteiger partial charge in [0.2, 0.25) is 5.91 Å². The van der Waals surface area contributed by atoms with E-state index >= 15 is 0 Å². The van der Waals surface area contributed by atoms with Crippen LogP contribution in [0, 0.1) is 5.92 Å². The molecule has 1 atom stereocenters. The molecular formula is C13H21N3O. The fourth-order valence-corrected chi connectivity index (χ4v) is 1.73. The Labute approximate surface area is 103 Å². The van der Waals surface area contributed by atoms with E-state index in [1.54, 1.807) is 7.05 Å². The van der Waals surface area contributed by atoms with E-state index in [1.165, 1.54) is 0 Å². The third-order valence-electron chi connectivity index (χ3n) is 2.85. The van der Waals surface area contributed by atoms with Crippen LogP contribution in [0.25, 0.3) is 0 Å². The maximum atomic E-state index is 11.4. The van der Waals surface area contributed by atoms with E-state index in [9.17, 15) is 4.79 Å². The Kier molecular flexibility index (Phi) is 4.97. The second-order valence-electron chi connectivity index (χ2n) is 4.27. The molecule has 0 saturated heterocycles. The standard InChI is InChI=1S/C13H21N3O/c1-10(13(17)15-2)9-16(3)12-6-4-11(8-14)5-7-12/h4-7,10H,8-9,14H2,1-3H3,(H,15,17). The SMILES string of the molecule is CNC(=O)C(C)CN(C)c1ccc(CN)cc1. The molecule has 0 aliphatic carbocycles. The van der Waals surface area contributed by atoms with Crippen LogP contribution in [0.2, 0.25) is 0 Å². The van der Waals surface area contributed by atoms with Crippen LogP contribution in [0.3, 0.4) is 0 Å². The smallest absolute Gasteiger partial charge is 0.224 e. The van der Waals surface area contributed by atoms with Crippen molar-refractivity contribution in [3.8, 4) is 0 Å². The molecule has 4 heteroatoms. The minimum Gasteiger partial charge on any atom is -0.374 e. The highest BCUT2D eigenvalue weighted by molar-refractivity contribution is 5.78. The Balaban J connectivity index is 2.62. The van der Waals surface area contributed by atoms with E-state index in [-0.39, 0.29) is 11.8 Å². The van der Waals surface area contributed by atoms with E-state index in [2.05, 4.69) is 10.2 Å². The third-order valence-corrected chi connectivity index (χ3v) is 2.85. The summed E-state index contributed by atoms with van der Waals surface area (Å²) in [7, 11) is 3.64. The lowest BCUT2D eigenvalue weighted by atomic mass is 10.1. The van der Waals surface area contributed by atoms with Crippen LogP contribution in [-0.4, -0.2) is 26.5 Å². The van der Waals surface area contributed by atoms with Gasteiger partial charge < -0.3 is 16.0 Å². The van der Waals surface area contributed by atoms with Crippen molar-refractivity contribution < 1.29 is 4.79 Å². The van der Waals surface area contributed by atoms with Gasteiger partial charge in [-0.1, -0.05) is 19.1 Å². The second-order valence-corrected chi connectivity index (χ2v) is 4.27. The van der Waals surface area contributed by atoms with Gasteiger partial charge >= 0.3 is 0 Å². The molecule has 0 aliphatic rings. The van der Waals surface area contributed by atoms with E-state index < -0.39 is 0 Å². The van der Waals surface area contributed by atoms with Crippen LogP contribution in [0.4, 0.5) is 5.69 Å². The Morgan fingerprint density at radius 1 is 1.41 bits per heavy atom. The highest BCUT2D eigenvalue weighted by Crippen LogP contribution is 2.15. The van der Waals surface area contributed by atoms with Crippen molar-refractivity contribution >= 4 is 11.6 Å². The lowest BCUT2D eigenvalue weighted by molar-refractivity contribution is -0.123. The fraction of sp³-hybridized carbons (Fsp3) is 0.462. The van der Waals surface area contributed by atoms with Crippen molar-refractivity contribution in [3.05, 3.63) is 29.8 Å². The first-order valence-electron chi connectivity index (χ1n) is 5.80. The number of amides is 1. The summed E-state index contributed by atoms with van der Waals surface area (Å²) in [6, 6.07) is 8.07. The molecule has 1 aromatic rings. The normalized spacial score (nSPS) is 12.0. The Morgan fingerprint density at radius 2 is 2.00 bits per heavy atom. The summed E-state index contributed by atoms with van der Waals surface area (Å²) in [5.41, 5.74) is 7.76. The van der Waals surface area contributed by atoms with E-state index in [4.69, 9.17) is 5.73 Å². The van der Waals surface area contributed by atoms with Crippen molar-refractivity contribution in [2.45, 2.75) is 13.5 Å². The third kappa shape index (κ3) is 3.75. The second kappa shape index (κ2) is 6.25. The summed E-state index contributed by atoms with van der Waals surface area (Å²) in [4.78, 5) is 13.5. The van der Waals surface area contributed by atoms with Gasteiger partial charge in [0.1, 0.15) is 0 Å². The molecule has 94 valence electrons. The van der Waals surface area contributed by atoms with Gasteiger partial charge in [0.15, 0.2) is 0 Å². The maximum Gasteiger partial charge on any atom is 0.224 e. The summed E-state index contributed by atoms with van der Waals surface area (Å²) in [6.45, 7) is 3.17. The van der Waals surface area contributed by atoms with Crippen LogP contribution in [0.15, 0.2) is 24.3 Å². The molecule has 0 heterocycles. The molecule has 0 saturated carbocycles. The highest BCUT2D eigenvalue weighted by Gasteiger charge is 2.13. The van der Waals surface area contributed by atoms with Gasteiger partial charge in [0.05, 0.1) is 5.92 Å². The van der Waals surface area contributed by atoms with E-state index in [0.717, 1.165) is 11.3 Å². The molecule has 1 aromatic carbocycles. The Hall–Kier alpha value is -1.55. The molecule has 0 spiro atoms. The molecule has 1 unspecified atom stereocenters. The van der Waals surface area contributed by atoms with Crippen molar-refractivity contribution in [2.24, 2.45) is 11.7 Å². The Bertz CT molecular complexity index is 361. The summed E-state index contributed by atoms with van der Waals surface area (Å²) >= 11 is 0. The topological polar surface area (TPSA) is 58.4 Å². The first-order valence-corrected chi connectivity index (χ1v) is 5.80. The fourth-order valence-electron chi connectivity index (χ4n) is 1.73. The highest BCUT2D eigenvalue weighted by atomic mass is 16.1. The zero-order valence-electron chi connectivity index (χ0n) is 10.7. The van der Waals surface area contributed by atoms with Crippen molar-refractivity contribution in [3.63, 3.8) is 0 Å². The average Bonchev–Trinajstić information content (AvgIpc) is 2.37. The molecule has 0 aromatic heterocycles. The van der Waals surface area contributed by atoms with Gasteiger partial charge in [-0.2, -0.15) is 0 Å². The molecule has 17 heavy (non-hydrogen) atoms. The molecule has 4 nitrogen and oxygen atoms in total. The minimum atomic E-state index is -0.0285. The Morgan fingerprint density at radius 3 is 2.47 bits per heavy atom. The van der Waals surface area contributed by atoms with Gasteiger partial charge in [-0.3, -0.25) is 4.79 Å². The number of anilines is 1. The minimum absolute atomic E-state index is 0.0285. The van der Waals surface area contributed by atoms with Gasteiger partial charge in [0.25, 0.3) is 0 Å². The number of nitrogens with one attached hydrogen (secondary N) is 1. The number of nitrogens with zero attached hydrogens (tertiary/aromatic N) is 1. The summed E-state index contributed by atoms with van der Waals surface area (Å²) in [5.74, 6) is 0.0367. The van der Waals surface area contributed by atoms with Crippen LogP contribution >= 0.6 is 0 Å². The van der Waals surface area contributed by atoms with Crippen molar-refractivity contribution in [2.75, 3.05) is 25.5 Å². The number of carbonyl (C=O) groups excluding carboxylic acids is 1. The van der Waals surface area contributed by atoms with Gasteiger partial charge in [-0.05, 0) is 17.7 Å². The van der Waals surface area contributed by atoms with Gasteiger partial charge in [-0.15, -0.1) is 0 Å². The average molecular weight is 235 g/mol. The van der Waals surface area contributed by atoms with Crippen molar-refractivity contribution in [1.82, 2.24) is 5.32 Å². The summed E-state index contributed by atoms with van der Waals surface area (Å²) < 4.78 is 0. The zero-order chi connectivity index (χ0) is 12.8. The molecule has 0 aliphatic heterocycles. The zero-order valence-corrected chi connectivity index (χ0v) is 10.7. The molecule has 1 rings (SSSR count). The van der Waals surface area contributed by atoms with Gasteiger partial charge in [-0.25, -0.2) is 0 Å². The molecule has 0 radical (unpaired) electrons. The number of hydrogen-bond donors (Lipinski definition) is 2. The van der Waals surface area contributed by atoms with Crippen LogP contribution in [0.5, 0.6) is 0 Å². The van der Waals surface area contributed by atoms with E-state index in [1.807, 2.05) is 38.2 Å². The largest absolute Gasteiger partial charge is 0.374 e. The first kappa shape index (κ1) is 13.5. The lowest BCUT2D eigenvalue weighted by Crippen LogP contribution is -2.34. The molecule has 0 bridgehead atoms. The van der Waals surface area contributed by atoms with E-state index in [0.29, 0.717) is 13.1 Å². The van der Waals surface area contributed by atoms with Crippen LogP contribution < -0.4 is 16.0 Å². The predicted molar refractivity (Wildman–Crippen MR) is 70.8 cm³/mol. The van der Waals surface area contributed by atoms with Crippen LogP contribution in [0.1, 0.15) is 12.5 Å². The van der Waals surface area contributed by atoms with Crippen LogP contribution in [-0.2, 0) is 11.3 Å². The number of carbonyl (C=O) groups is 1. The maximum absolute atomic E-state index is 11.4. The molecule has 0 fully saturated rings. The summed E-state index contributed by atoms with van der Waals surface area (Å²) in [5, 5.41) is 2.66. The molecular weight excluding hydrogens is 214 g/mol. The number of rotatable bonds is 5. The lowest BCUT2D eigenvalue weighted by Gasteiger charge is -2.22.